The molecule has 1 aromatic heterocycles. The summed E-state index contributed by atoms with van der Waals surface area (Å²) in [4.78, 5) is 24.1. The van der Waals surface area contributed by atoms with Gasteiger partial charge in [0, 0.05) is 56.4 Å². The maximum absolute atomic E-state index is 14.2. The molecule has 3 heterocycles. The minimum Gasteiger partial charge on any atom is -0.366 e. The van der Waals surface area contributed by atoms with Gasteiger partial charge in [0.2, 0.25) is 0 Å². The summed E-state index contributed by atoms with van der Waals surface area (Å²) in [6, 6.07) is 14.9. The number of carbonyl (C=O) groups is 1. The van der Waals surface area contributed by atoms with Crippen molar-refractivity contribution in [2.75, 3.05) is 49.1 Å². The van der Waals surface area contributed by atoms with Crippen molar-refractivity contribution in [3.8, 4) is 0 Å². The number of piperazine rings is 1. The van der Waals surface area contributed by atoms with Crippen LogP contribution in [-0.4, -0.2) is 55.1 Å². The zero-order chi connectivity index (χ0) is 22.1. The third-order valence-electron chi connectivity index (χ3n) is 6.84. The summed E-state index contributed by atoms with van der Waals surface area (Å²) in [5.41, 5.74) is 1.38. The molecule has 1 amide bonds. The molecule has 5 nitrogen and oxygen atoms in total. The first-order chi connectivity index (χ1) is 15.6. The summed E-state index contributed by atoms with van der Waals surface area (Å²) in [5, 5.41) is 2.08. The molecule has 0 N–H and O–H groups in total. The van der Waals surface area contributed by atoms with Gasteiger partial charge in [0.1, 0.15) is 11.6 Å². The van der Waals surface area contributed by atoms with Crippen LogP contribution >= 0.6 is 0 Å². The van der Waals surface area contributed by atoms with E-state index in [-0.39, 0.29) is 11.7 Å². The Hall–Kier alpha value is -3.15. The Morgan fingerprint density at radius 3 is 2.41 bits per heavy atom. The Balaban J connectivity index is 1.37. The van der Waals surface area contributed by atoms with Gasteiger partial charge < -0.3 is 14.7 Å². The first kappa shape index (κ1) is 20.7. The lowest BCUT2D eigenvalue weighted by Crippen LogP contribution is -2.47. The van der Waals surface area contributed by atoms with E-state index in [1.165, 1.54) is 6.07 Å². The van der Waals surface area contributed by atoms with E-state index >= 15 is 0 Å². The highest BCUT2D eigenvalue weighted by Gasteiger charge is 2.24. The van der Waals surface area contributed by atoms with Gasteiger partial charge in [-0.2, -0.15) is 0 Å². The summed E-state index contributed by atoms with van der Waals surface area (Å²) in [5.74, 6) is 1.52. The number of anilines is 2. The van der Waals surface area contributed by atoms with Crippen molar-refractivity contribution in [2.24, 2.45) is 5.92 Å². The number of likely N-dealkylation sites (tertiary alicyclic amines) is 1. The van der Waals surface area contributed by atoms with E-state index in [1.807, 2.05) is 47.5 Å². The Morgan fingerprint density at radius 2 is 1.66 bits per heavy atom. The van der Waals surface area contributed by atoms with Gasteiger partial charge in [-0.15, -0.1) is 0 Å². The van der Waals surface area contributed by atoms with Crippen LogP contribution in [-0.2, 0) is 0 Å². The molecule has 0 radical (unpaired) electrons. The third-order valence-corrected chi connectivity index (χ3v) is 6.84. The molecule has 5 rings (SSSR count). The average Bonchev–Trinajstić information content (AvgIpc) is 2.84. The number of aromatic nitrogens is 1. The number of hydrogen-bond acceptors (Lipinski definition) is 4. The van der Waals surface area contributed by atoms with Crippen LogP contribution in [0.25, 0.3) is 10.8 Å². The number of pyridine rings is 1. The van der Waals surface area contributed by atoms with E-state index < -0.39 is 0 Å². The standard InChI is InChI=1S/C26H29FN4O/c1-19-9-12-31(13-10-19)26(32)21-7-6-20-8-11-28-25(22(20)18-21)30-16-14-29(15-17-30)24-5-3-2-4-23(24)27/h2-8,11,18-19H,9-10,12-17H2,1H3. The Labute approximate surface area is 188 Å². The SMILES string of the molecule is CC1CCN(C(=O)c2ccc3ccnc(N4CCN(c5ccccc5F)CC4)c3c2)CC1. The number of benzene rings is 2. The summed E-state index contributed by atoms with van der Waals surface area (Å²) < 4.78 is 14.2. The normalized spacial score (nSPS) is 17.8. The van der Waals surface area contributed by atoms with Gasteiger partial charge >= 0.3 is 0 Å². The fourth-order valence-electron chi connectivity index (χ4n) is 4.80. The zero-order valence-electron chi connectivity index (χ0n) is 18.5. The van der Waals surface area contributed by atoms with Gasteiger partial charge in [-0.1, -0.05) is 25.1 Å². The molecule has 166 valence electrons. The molecule has 2 aromatic carbocycles. The highest BCUT2D eigenvalue weighted by Crippen LogP contribution is 2.29. The molecule has 0 aliphatic carbocycles. The van der Waals surface area contributed by atoms with E-state index in [4.69, 9.17) is 0 Å². The Kier molecular flexibility index (Phi) is 5.68. The molecule has 6 heteroatoms. The van der Waals surface area contributed by atoms with Gasteiger partial charge in [-0.05, 0) is 54.5 Å². The number of para-hydroxylation sites is 1. The van der Waals surface area contributed by atoms with Gasteiger partial charge in [-0.25, -0.2) is 9.37 Å². The second-order valence-corrected chi connectivity index (χ2v) is 8.97. The number of hydrogen-bond donors (Lipinski definition) is 0. The topological polar surface area (TPSA) is 39.7 Å². The lowest BCUT2D eigenvalue weighted by atomic mass is 9.98. The van der Waals surface area contributed by atoms with E-state index in [0.29, 0.717) is 11.6 Å². The van der Waals surface area contributed by atoms with Gasteiger partial charge in [0.15, 0.2) is 0 Å². The van der Waals surface area contributed by atoms with Gasteiger partial charge in [0.05, 0.1) is 5.69 Å². The molecule has 0 saturated carbocycles. The second-order valence-electron chi connectivity index (χ2n) is 8.97. The van der Waals surface area contributed by atoms with E-state index in [9.17, 15) is 9.18 Å². The van der Waals surface area contributed by atoms with Crippen LogP contribution < -0.4 is 9.80 Å². The van der Waals surface area contributed by atoms with Crippen LogP contribution in [0.2, 0.25) is 0 Å². The van der Waals surface area contributed by atoms with Crippen LogP contribution in [0, 0.1) is 11.7 Å². The summed E-state index contributed by atoms with van der Waals surface area (Å²) >= 11 is 0. The maximum Gasteiger partial charge on any atom is 0.253 e. The first-order valence-electron chi connectivity index (χ1n) is 11.5. The number of amides is 1. The average molecular weight is 433 g/mol. The largest absolute Gasteiger partial charge is 0.366 e. The van der Waals surface area contributed by atoms with Crippen molar-refractivity contribution >= 4 is 28.2 Å². The molecule has 2 aliphatic rings. The maximum atomic E-state index is 14.2. The number of nitrogens with zero attached hydrogens (tertiary/aromatic N) is 4. The van der Waals surface area contributed by atoms with Crippen LogP contribution in [0.5, 0.6) is 0 Å². The fraction of sp³-hybridized carbons (Fsp3) is 0.385. The highest BCUT2D eigenvalue weighted by molar-refractivity contribution is 6.01. The second kappa shape index (κ2) is 8.77. The molecule has 0 bridgehead atoms. The van der Waals surface area contributed by atoms with Gasteiger partial charge in [-0.3, -0.25) is 4.79 Å². The van der Waals surface area contributed by atoms with Crippen molar-refractivity contribution in [2.45, 2.75) is 19.8 Å². The molecule has 2 fully saturated rings. The van der Waals surface area contributed by atoms with Crippen LogP contribution in [0.4, 0.5) is 15.9 Å². The van der Waals surface area contributed by atoms with Crippen molar-refractivity contribution in [1.29, 1.82) is 0 Å². The van der Waals surface area contributed by atoms with E-state index in [2.05, 4.69) is 21.7 Å². The minimum absolute atomic E-state index is 0.109. The quantitative estimate of drug-likeness (QED) is 0.608. The molecular formula is C26H29FN4O. The molecule has 3 aromatic rings. The molecule has 0 unspecified atom stereocenters. The Morgan fingerprint density at radius 1 is 0.938 bits per heavy atom. The van der Waals surface area contributed by atoms with Crippen LogP contribution in [0.3, 0.4) is 0 Å². The van der Waals surface area contributed by atoms with E-state index in [1.54, 1.807) is 6.07 Å². The van der Waals surface area contributed by atoms with E-state index in [0.717, 1.165) is 74.3 Å². The van der Waals surface area contributed by atoms with Crippen molar-refractivity contribution in [3.63, 3.8) is 0 Å². The molecule has 0 spiro atoms. The molecule has 2 saturated heterocycles. The lowest BCUT2D eigenvalue weighted by Gasteiger charge is -2.37. The minimum atomic E-state index is -0.181. The molecule has 2 aliphatic heterocycles. The number of carbonyl (C=O) groups excluding carboxylic acids is 1. The summed E-state index contributed by atoms with van der Waals surface area (Å²) in [6.07, 6.45) is 3.96. The zero-order valence-corrected chi connectivity index (χ0v) is 18.5. The lowest BCUT2D eigenvalue weighted by molar-refractivity contribution is 0.0697. The molecule has 32 heavy (non-hydrogen) atoms. The fourth-order valence-corrected chi connectivity index (χ4v) is 4.80. The number of piperidine rings is 1. The third kappa shape index (κ3) is 4.01. The smallest absolute Gasteiger partial charge is 0.253 e. The molecule has 0 atom stereocenters. The van der Waals surface area contributed by atoms with Gasteiger partial charge in [0.25, 0.3) is 5.91 Å². The van der Waals surface area contributed by atoms with Crippen molar-refractivity contribution in [1.82, 2.24) is 9.88 Å². The number of rotatable bonds is 3. The van der Waals surface area contributed by atoms with Crippen LogP contribution in [0.15, 0.2) is 54.7 Å². The van der Waals surface area contributed by atoms with Crippen molar-refractivity contribution < 1.29 is 9.18 Å². The van der Waals surface area contributed by atoms with Crippen molar-refractivity contribution in [3.05, 3.63) is 66.1 Å². The highest BCUT2D eigenvalue weighted by atomic mass is 19.1. The first-order valence-corrected chi connectivity index (χ1v) is 11.5. The predicted octanol–water partition coefficient (Wildman–Crippen LogP) is 4.57. The number of fused-ring (bicyclic) bond motifs is 1. The molecular weight excluding hydrogens is 403 g/mol. The predicted molar refractivity (Wildman–Crippen MR) is 127 cm³/mol. The summed E-state index contributed by atoms with van der Waals surface area (Å²) in [6.45, 7) is 6.87. The van der Waals surface area contributed by atoms with Crippen LogP contribution in [0.1, 0.15) is 30.1 Å². The summed E-state index contributed by atoms with van der Waals surface area (Å²) in [7, 11) is 0. The Bertz CT molecular complexity index is 1120. The number of halogens is 1. The monoisotopic (exact) mass is 432 g/mol.